The lowest BCUT2D eigenvalue weighted by molar-refractivity contribution is -0.131. The standard InChI is InChI=1S/C21H25FN4O2/c22-17-5-3-16(4-6-17)21(7-12-28-13-8-21)20(27)25-18-2-1-11-26(15-18)19-14-23-9-10-24-19/h3-6,9-10,14,18H,1-2,7-8,11-13,15H2,(H,25,27)/t18-/m1/s1. The molecule has 28 heavy (non-hydrogen) atoms. The van der Waals surface area contributed by atoms with Gasteiger partial charge in [0.25, 0.3) is 0 Å². The molecule has 0 unspecified atom stereocenters. The van der Waals surface area contributed by atoms with Crippen LogP contribution >= 0.6 is 0 Å². The first kappa shape index (κ1) is 18.8. The third kappa shape index (κ3) is 3.85. The van der Waals surface area contributed by atoms with Gasteiger partial charge < -0.3 is 15.0 Å². The van der Waals surface area contributed by atoms with Gasteiger partial charge in [-0.1, -0.05) is 12.1 Å². The van der Waals surface area contributed by atoms with E-state index in [9.17, 15) is 9.18 Å². The Balaban J connectivity index is 1.50. The molecule has 1 atom stereocenters. The van der Waals surface area contributed by atoms with Crippen LogP contribution in [0.1, 0.15) is 31.2 Å². The average Bonchev–Trinajstić information content (AvgIpc) is 2.75. The molecule has 3 heterocycles. The molecule has 1 amide bonds. The number of carbonyl (C=O) groups is 1. The van der Waals surface area contributed by atoms with Gasteiger partial charge in [0.05, 0.1) is 11.6 Å². The second-order valence-corrected chi connectivity index (χ2v) is 7.52. The SMILES string of the molecule is O=C(N[C@@H]1CCCN(c2cnccn2)C1)C1(c2ccc(F)cc2)CCOCC1. The van der Waals surface area contributed by atoms with Crippen LogP contribution in [0.25, 0.3) is 0 Å². The third-order valence-electron chi connectivity index (χ3n) is 5.81. The molecule has 2 saturated heterocycles. The molecule has 7 heteroatoms. The van der Waals surface area contributed by atoms with Gasteiger partial charge >= 0.3 is 0 Å². The average molecular weight is 384 g/mol. The highest BCUT2D eigenvalue weighted by Crippen LogP contribution is 2.35. The molecule has 0 bridgehead atoms. The summed E-state index contributed by atoms with van der Waals surface area (Å²) >= 11 is 0. The Labute approximate surface area is 164 Å². The number of hydrogen-bond donors (Lipinski definition) is 1. The summed E-state index contributed by atoms with van der Waals surface area (Å²) < 4.78 is 18.9. The van der Waals surface area contributed by atoms with Crippen LogP contribution in [-0.2, 0) is 14.9 Å². The summed E-state index contributed by atoms with van der Waals surface area (Å²) in [5.41, 5.74) is 0.192. The molecule has 148 valence electrons. The Hall–Kier alpha value is -2.54. The van der Waals surface area contributed by atoms with E-state index in [2.05, 4.69) is 20.2 Å². The predicted molar refractivity (Wildman–Crippen MR) is 104 cm³/mol. The van der Waals surface area contributed by atoms with Gasteiger partial charge in [0.15, 0.2) is 0 Å². The van der Waals surface area contributed by atoms with Crippen LogP contribution in [0.5, 0.6) is 0 Å². The van der Waals surface area contributed by atoms with Crippen LogP contribution in [0, 0.1) is 5.82 Å². The number of amides is 1. The zero-order chi connectivity index (χ0) is 19.4. The largest absolute Gasteiger partial charge is 0.381 e. The fourth-order valence-electron chi connectivity index (χ4n) is 4.22. The van der Waals surface area contributed by atoms with Gasteiger partial charge in [-0.15, -0.1) is 0 Å². The van der Waals surface area contributed by atoms with Crippen LogP contribution in [0.15, 0.2) is 42.9 Å². The van der Waals surface area contributed by atoms with E-state index in [1.165, 1.54) is 12.1 Å². The lowest BCUT2D eigenvalue weighted by atomic mass is 9.73. The van der Waals surface area contributed by atoms with Crippen LogP contribution in [0.2, 0.25) is 0 Å². The highest BCUT2D eigenvalue weighted by Gasteiger charge is 2.42. The van der Waals surface area contributed by atoms with Crippen molar-refractivity contribution in [2.75, 3.05) is 31.2 Å². The summed E-state index contributed by atoms with van der Waals surface area (Å²) in [7, 11) is 0. The summed E-state index contributed by atoms with van der Waals surface area (Å²) in [5.74, 6) is 0.549. The normalized spacial score (nSPS) is 21.9. The number of aromatic nitrogens is 2. The quantitative estimate of drug-likeness (QED) is 0.877. The van der Waals surface area contributed by atoms with Crippen molar-refractivity contribution in [1.82, 2.24) is 15.3 Å². The second kappa shape index (κ2) is 8.22. The molecule has 0 spiro atoms. The van der Waals surface area contributed by atoms with Gasteiger partial charge in [0.1, 0.15) is 11.6 Å². The second-order valence-electron chi connectivity index (χ2n) is 7.52. The monoisotopic (exact) mass is 384 g/mol. The van der Waals surface area contributed by atoms with Crippen molar-refractivity contribution in [1.29, 1.82) is 0 Å². The highest BCUT2D eigenvalue weighted by molar-refractivity contribution is 5.88. The number of carbonyl (C=O) groups excluding carboxylic acids is 1. The molecule has 1 N–H and O–H groups in total. The Morgan fingerprint density at radius 1 is 1.21 bits per heavy atom. The van der Waals surface area contributed by atoms with Crippen molar-refractivity contribution in [3.8, 4) is 0 Å². The van der Waals surface area contributed by atoms with Gasteiger partial charge in [-0.25, -0.2) is 9.37 Å². The molecule has 4 rings (SSSR count). The fraction of sp³-hybridized carbons (Fsp3) is 0.476. The molecule has 1 aromatic heterocycles. The summed E-state index contributed by atoms with van der Waals surface area (Å²) in [6.07, 6.45) is 8.21. The van der Waals surface area contributed by atoms with Gasteiger partial charge in [-0.2, -0.15) is 0 Å². The van der Waals surface area contributed by atoms with E-state index in [-0.39, 0.29) is 17.8 Å². The summed E-state index contributed by atoms with van der Waals surface area (Å²) in [6, 6.07) is 6.36. The van der Waals surface area contributed by atoms with Gasteiger partial charge in [0, 0.05) is 44.7 Å². The lowest BCUT2D eigenvalue weighted by Crippen LogP contribution is -2.55. The first-order valence-electron chi connectivity index (χ1n) is 9.83. The molecule has 1 aromatic carbocycles. The first-order chi connectivity index (χ1) is 13.7. The Morgan fingerprint density at radius 2 is 2.00 bits per heavy atom. The van der Waals surface area contributed by atoms with Crippen molar-refractivity contribution < 1.29 is 13.9 Å². The molecule has 2 aliphatic heterocycles. The van der Waals surface area contributed by atoms with Crippen molar-refractivity contribution in [2.45, 2.75) is 37.1 Å². The van der Waals surface area contributed by atoms with Gasteiger partial charge in [-0.05, 0) is 43.4 Å². The maximum absolute atomic E-state index is 13.4. The minimum Gasteiger partial charge on any atom is -0.381 e. The van der Waals surface area contributed by atoms with Crippen LogP contribution in [0.4, 0.5) is 10.2 Å². The number of piperidine rings is 1. The smallest absolute Gasteiger partial charge is 0.231 e. The van der Waals surface area contributed by atoms with Crippen LogP contribution in [0.3, 0.4) is 0 Å². The molecule has 2 aromatic rings. The number of benzene rings is 1. The number of anilines is 1. The third-order valence-corrected chi connectivity index (χ3v) is 5.81. The van der Waals surface area contributed by atoms with E-state index >= 15 is 0 Å². The Bertz CT molecular complexity index is 794. The molecule has 0 radical (unpaired) electrons. The minimum absolute atomic E-state index is 0.00778. The van der Waals surface area contributed by atoms with Crippen molar-refractivity contribution in [2.24, 2.45) is 0 Å². The summed E-state index contributed by atoms with van der Waals surface area (Å²) in [5, 5.41) is 3.26. The molecule has 0 aliphatic carbocycles. The lowest BCUT2D eigenvalue weighted by Gasteiger charge is -2.39. The van der Waals surface area contributed by atoms with Crippen molar-refractivity contribution in [3.63, 3.8) is 0 Å². The molecule has 6 nitrogen and oxygen atoms in total. The number of hydrogen-bond acceptors (Lipinski definition) is 5. The fourth-order valence-corrected chi connectivity index (χ4v) is 4.22. The predicted octanol–water partition coefficient (Wildman–Crippen LogP) is 2.45. The maximum atomic E-state index is 13.4. The first-order valence-corrected chi connectivity index (χ1v) is 9.83. The molecular formula is C21H25FN4O2. The van der Waals surface area contributed by atoms with Crippen LogP contribution in [-0.4, -0.2) is 48.2 Å². The summed E-state index contributed by atoms with van der Waals surface area (Å²) in [6.45, 7) is 2.67. The van der Waals surface area contributed by atoms with Crippen molar-refractivity contribution >= 4 is 11.7 Å². The van der Waals surface area contributed by atoms with E-state index in [0.717, 1.165) is 30.8 Å². The Morgan fingerprint density at radius 3 is 2.71 bits per heavy atom. The number of halogens is 1. The molecule has 2 aliphatic rings. The minimum atomic E-state index is -0.666. The summed E-state index contributed by atoms with van der Waals surface area (Å²) in [4.78, 5) is 24.1. The van der Waals surface area contributed by atoms with E-state index in [1.807, 2.05) is 0 Å². The van der Waals surface area contributed by atoms with E-state index < -0.39 is 5.41 Å². The number of nitrogens with one attached hydrogen (secondary N) is 1. The molecular weight excluding hydrogens is 359 g/mol. The zero-order valence-corrected chi connectivity index (χ0v) is 15.8. The molecule has 2 fully saturated rings. The number of rotatable bonds is 4. The van der Waals surface area contributed by atoms with E-state index in [4.69, 9.17) is 4.74 Å². The van der Waals surface area contributed by atoms with Crippen molar-refractivity contribution in [3.05, 3.63) is 54.2 Å². The topological polar surface area (TPSA) is 67.4 Å². The van der Waals surface area contributed by atoms with Gasteiger partial charge in [0.2, 0.25) is 5.91 Å². The van der Waals surface area contributed by atoms with E-state index in [0.29, 0.717) is 32.6 Å². The maximum Gasteiger partial charge on any atom is 0.231 e. The number of ether oxygens (including phenoxy) is 1. The van der Waals surface area contributed by atoms with E-state index in [1.54, 1.807) is 30.7 Å². The van der Waals surface area contributed by atoms with Crippen LogP contribution < -0.4 is 10.2 Å². The van der Waals surface area contributed by atoms with Gasteiger partial charge in [-0.3, -0.25) is 9.78 Å². The molecule has 0 saturated carbocycles. The highest BCUT2D eigenvalue weighted by atomic mass is 19.1. The Kier molecular flexibility index (Phi) is 5.52. The number of nitrogens with zero attached hydrogens (tertiary/aromatic N) is 3. The zero-order valence-electron chi connectivity index (χ0n) is 15.8.